The smallest absolute Gasteiger partial charge is 0.337 e. The first-order valence-corrected chi connectivity index (χ1v) is 4.96. The molecule has 1 atom stereocenters. The van der Waals surface area contributed by atoms with E-state index in [9.17, 15) is 9.90 Å². The molecule has 14 heavy (non-hydrogen) atoms. The van der Waals surface area contributed by atoms with E-state index in [1.807, 2.05) is 25.7 Å². The van der Waals surface area contributed by atoms with Crippen molar-refractivity contribution in [3.8, 4) is 0 Å². The van der Waals surface area contributed by atoms with Crippen LogP contribution in [0.2, 0.25) is 0 Å². The number of likely N-dealkylation sites (tertiary alicyclic amines) is 1. The van der Waals surface area contributed by atoms with Gasteiger partial charge in [-0.3, -0.25) is 4.90 Å². The molecule has 0 radical (unpaired) electrons. The molecule has 1 unspecified atom stereocenters. The number of nitrogens with zero attached hydrogens (tertiary/aromatic N) is 1. The van der Waals surface area contributed by atoms with Gasteiger partial charge in [0.05, 0.1) is 0 Å². The zero-order valence-corrected chi connectivity index (χ0v) is 9.08. The predicted octanol–water partition coefficient (Wildman–Crippen LogP) is 0.696. The highest BCUT2D eigenvalue weighted by atomic mass is 16.4. The van der Waals surface area contributed by atoms with Crippen molar-refractivity contribution >= 4 is 5.97 Å². The molecule has 82 valence electrons. The first kappa shape index (κ1) is 11.5. The Morgan fingerprint density at radius 1 is 1.43 bits per heavy atom. The van der Waals surface area contributed by atoms with Gasteiger partial charge in [0, 0.05) is 12.1 Å². The Morgan fingerprint density at radius 2 is 2.00 bits per heavy atom. The second kappa shape index (κ2) is 3.51. The topological polar surface area (TPSA) is 60.8 Å². The lowest BCUT2D eigenvalue weighted by atomic mass is 9.90. The normalized spacial score (nSPS) is 30.3. The van der Waals surface area contributed by atoms with Crippen LogP contribution in [0, 0.1) is 0 Å². The van der Waals surface area contributed by atoms with Gasteiger partial charge < -0.3 is 10.2 Å². The van der Waals surface area contributed by atoms with Crippen molar-refractivity contribution in [2.45, 2.75) is 44.8 Å². The standard InChI is InChI=1S/C10H19NO3/c1-9(2,3)11-6-4-5-10(14,7-11)8(12)13/h14H,4-7H2,1-3H3,(H,12,13). The second-order valence-electron chi connectivity index (χ2n) is 5.03. The van der Waals surface area contributed by atoms with Crippen molar-refractivity contribution in [1.29, 1.82) is 0 Å². The monoisotopic (exact) mass is 201 g/mol. The number of carboxylic acids is 1. The summed E-state index contributed by atoms with van der Waals surface area (Å²) in [6.45, 7) is 7.17. The number of carboxylic acid groups (broad SMARTS) is 1. The molecule has 0 aromatic rings. The summed E-state index contributed by atoms with van der Waals surface area (Å²) < 4.78 is 0. The highest BCUT2D eigenvalue weighted by Crippen LogP contribution is 2.26. The summed E-state index contributed by atoms with van der Waals surface area (Å²) in [5.41, 5.74) is -1.63. The number of β-amino-alcohol motifs (C(OH)–C–C–N with tert-alkyl or cyclic N) is 1. The molecule has 0 aromatic carbocycles. The summed E-state index contributed by atoms with van der Waals surface area (Å²) in [5.74, 6) is -1.11. The van der Waals surface area contributed by atoms with E-state index >= 15 is 0 Å². The van der Waals surface area contributed by atoms with Crippen LogP contribution >= 0.6 is 0 Å². The van der Waals surface area contributed by atoms with E-state index in [-0.39, 0.29) is 12.1 Å². The first-order chi connectivity index (χ1) is 6.26. The summed E-state index contributed by atoms with van der Waals surface area (Å²) in [7, 11) is 0. The molecule has 1 aliphatic rings. The molecular weight excluding hydrogens is 182 g/mol. The SMILES string of the molecule is CC(C)(C)N1CCCC(O)(C(=O)O)C1. The molecule has 1 aliphatic heterocycles. The van der Waals surface area contributed by atoms with E-state index in [2.05, 4.69) is 0 Å². The molecule has 1 saturated heterocycles. The predicted molar refractivity (Wildman–Crippen MR) is 53.1 cm³/mol. The lowest BCUT2D eigenvalue weighted by Gasteiger charge is -2.43. The third kappa shape index (κ3) is 2.25. The Bertz CT molecular complexity index is 234. The maximum atomic E-state index is 10.9. The molecule has 0 aliphatic carbocycles. The molecule has 1 heterocycles. The van der Waals surface area contributed by atoms with Gasteiger partial charge in [-0.05, 0) is 40.2 Å². The summed E-state index contributed by atoms with van der Waals surface area (Å²) >= 11 is 0. The highest BCUT2D eigenvalue weighted by Gasteiger charge is 2.42. The van der Waals surface area contributed by atoms with E-state index in [1.165, 1.54) is 0 Å². The third-order valence-electron chi connectivity index (χ3n) is 2.82. The van der Waals surface area contributed by atoms with Crippen LogP contribution in [-0.2, 0) is 4.79 Å². The van der Waals surface area contributed by atoms with E-state index in [0.717, 1.165) is 13.0 Å². The lowest BCUT2D eigenvalue weighted by molar-refractivity contribution is -0.166. The van der Waals surface area contributed by atoms with Crippen molar-refractivity contribution in [3.63, 3.8) is 0 Å². The molecule has 1 rings (SSSR count). The zero-order valence-electron chi connectivity index (χ0n) is 9.08. The third-order valence-corrected chi connectivity index (χ3v) is 2.82. The van der Waals surface area contributed by atoms with E-state index in [1.54, 1.807) is 0 Å². The fourth-order valence-corrected chi connectivity index (χ4v) is 1.78. The highest BCUT2D eigenvalue weighted by molar-refractivity contribution is 5.77. The van der Waals surface area contributed by atoms with Gasteiger partial charge in [0.15, 0.2) is 5.60 Å². The van der Waals surface area contributed by atoms with Crippen molar-refractivity contribution in [2.24, 2.45) is 0 Å². The van der Waals surface area contributed by atoms with Gasteiger partial charge in [0.1, 0.15) is 0 Å². The Hall–Kier alpha value is -0.610. The molecule has 0 amide bonds. The number of hydrogen-bond donors (Lipinski definition) is 2. The summed E-state index contributed by atoms with van der Waals surface area (Å²) in [5, 5.41) is 18.7. The van der Waals surface area contributed by atoms with Gasteiger partial charge in [0.2, 0.25) is 0 Å². The van der Waals surface area contributed by atoms with Gasteiger partial charge >= 0.3 is 5.97 Å². The zero-order chi connectivity index (χ0) is 11.0. The largest absolute Gasteiger partial charge is 0.479 e. The summed E-state index contributed by atoms with van der Waals surface area (Å²) in [6.07, 6.45) is 1.09. The molecular formula is C10H19NO3. The average molecular weight is 201 g/mol. The van der Waals surface area contributed by atoms with E-state index in [0.29, 0.717) is 6.42 Å². The fourth-order valence-electron chi connectivity index (χ4n) is 1.78. The molecule has 2 N–H and O–H groups in total. The molecule has 0 bridgehead atoms. The molecule has 4 heteroatoms. The summed E-state index contributed by atoms with van der Waals surface area (Å²) in [4.78, 5) is 12.9. The van der Waals surface area contributed by atoms with Crippen LogP contribution < -0.4 is 0 Å². The maximum Gasteiger partial charge on any atom is 0.337 e. The van der Waals surface area contributed by atoms with Crippen LogP contribution in [0.1, 0.15) is 33.6 Å². The number of aliphatic hydroxyl groups is 1. The first-order valence-electron chi connectivity index (χ1n) is 4.96. The van der Waals surface area contributed by atoms with E-state index in [4.69, 9.17) is 5.11 Å². The van der Waals surface area contributed by atoms with E-state index < -0.39 is 11.6 Å². The molecule has 0 saturated carbocycles. The minimum atomic E-state index is -1.55. The minimum absolute atomic E-state index is 0.0795. The minimum Gasteiger partial charge on any atom is -0.479 e. The Labute approximate surface area is 84.5 Å². The second-order valence-corrected chi connectivity index (χ2v) is 5.03. The molecule has 1 fully saturated rings. The number of piperidine rings is 1. The Kier molecular flexibility index (Phi) is 2.88. The number of hydrogen-bond acceptors (Lipinski definition) is 3. The van der Waals surface area contributed by atoms with Crippen LogP contribution in [-0.4, -0.2) is 45.3 Å². The van der Waals surface area contributed by atoms with Crippen molar-refractivity contribution < 1.29 is 15.0 Å². The van der Waals surface area contributed by atoms with Crippen molar-refractivity contribution in [2.75, 3.05) is 13.1 Å². The van der Waals surface area contributed by atoms with Crippen LogP contribution in [0.3, 0.4) is 0 Å². The van der Waals surface area contributed by atoms with Gasteiger partial charge in [0.25, 0.3) is 0 Å². The molecule has 0 spiro atoms. The van der Waals surface area contributed by atoms with Crippen molar-refractivity contribution in [3.05, 3.63) is 0 Å². The van der Waals surface area contributed by atoms with Crippen LogP contribution in [0.15, 0.2) is 0 Å². The van der Waals surface area contributed by atoms with Crippen molar-refractivity contribution in [1.82, 2.24) is 4.90 Å². The fraction of sp³-hybridized carbons (Fsp3) is 0.900. The number of carbonyl (C=O) groups is 1. The number of rotatable bonds is 1. The Balaban J connectivity index is 2.74. The maximum absolute atomic E-state index is 10.9. The Morgan fingerprint density at radius 3 is 2.43 bits per heavy atom. The average Bonchev–Trinajstić information content (AvgIpc) is 2.02. The quantitative estimate of drug-likeness (QED) is 0.655. The van der Waals surface area contributed by atoms with Gasteiger partial charge in [-0.25, -0.2) is 4.79 Å². The van der Waals surface area contributed by atoms with Gasteiger partial charge in [-0.15, -0.1) is 0 Å². The summed E-state index contributed by atoms with van der Waals surface area (Å²) in [6, 6.07) is 0. The molecule has 0 aromatic heterocycles. The van der Waals surface area contributed by atoms with Gasteiger partial charge in [-0.1, -0.05) is 0 Å². The van der Waals surface area contributed by atoms with Gasteiger partial charge in [-0.2, -0.15) is 0 Å². The lowest BCUT2D eigenvalue weighted by Crippen LogP contribution is -2.57. The van der Waals surface area contributed by atoms with Crippen LogP contribution in [0.5, 0.6) is 0 Å². The number of aliphatic carboxylic acids is 1. The van der Waals surface area contributed by atoms with Crippen LogP contribution in [0.4, 0.5) is 0 Å². The van der Waals surface area contributed by atoms with Crippen LogP contribution in [0.25, 0.3) is 0 Å². The molecule has 4 nitrogen and oxygen atoms in total.